The van der Waals surface area contributed by atoms with E-state index in [1.807, 2.05) is 0 Å². The summed E-state index contributed by atoms with van der Waals surface area (Å²) in [5.74, 6) is -0.245. The molecule has 0 aromatic carbocycles. The summed E-state index contributed by atoms with van der Waals surface area (Å²) in [5.41, 5.74) is 3.54. The minimum absolute atomic E-state index is 0.214. The molecule has 1 N–H and O–H groups in total. The number of nitrogens with one attached hydrogen (secondary N) is 1. The molecule has 1 aliphatic rings. The van der Waals surface area contributed by atoms with Crippen molar-refractivity contribution < 1.29 is 4.79 Å². The molecule has 1 aliphatic heterocycles. The predicted octanol–water partition coefficient (Wildman–Crippen LogP) is 0.347. The Morgan fingerprint density at radius 1 is 1.80 bits per heavy atom. The fraction of sp³-hybridized carbons (Fsp3) is 0.333. The summed E-state index contributed by atoms with van der Waals surface area (Å²) < 4.78 is 0. The largest absolute Gasteiger partial charge is 0.268 e. The number of carbonyl (C=O) groups excluding carboxylic acids is 1. The van der Waals surface area contributed by atoms with Crippen LogP contribution in [0.5, 0.6) is 0 Å². The van der Waals surface area contributed by atoms with Crippen LogP contribution in [-0.2, 0) is 4.79 Å². The van der Waals surface area contributed by atoms with Gasteiger partial charge >= 0.3 is 0 Å². The molecule has 0 radical (unpaired) electrons. The average Bonchev–Trinajstić information content (AvgIpc) is 1.93. The highest BCUT2D eigenvalue weighted by Gasteiger charge is 2.21. The zero-order valence-corrected chi connectivity index (χ0v) is 6.48. The Hall–Kier alpha value is -0.770. The van der Waals surface area contributed by atoms with Crippen LogP contribution in [0.4, 0.5) is 0 Å². The molecular weight excluding hydrogens is 148 g/mol. The number of thiol groups is 1. The van der Waals surface area contributed by atoms with Gasteiger partial charge in [-0.05, 0) is 6.92 Å². The summed E-state index contributed by atoms with van der Waals surface area (Å²) in [6, 6.07) is 0. The summed E-state index contributed by atoms with van der Waals surface area (Å²) in [6.07, 6.45) is 0. The van der Waals surface area contributed by atoms with Crippen LogP contribution in [0.3, 0.4) is 0 Å². The van der Waals surface area contributed by atoms with Gasteiger partial charge in [-0.15, -0.1) is 0 Å². The van der Waals surface area contributed by atoms with E-state index in [0.717, 1.165) is 5.71 Å². The van der Waals surface area contributed by atoms with Gasteiger partial charge in [-0.2, -0.15) is 17.7 Å². The lowest BCUT2D eigenvalue weighted by Crippen LogP contribution is -2.34. The van der Waals surface area contributed by atoms with Gasteiger partial charge in [0.25, 0.3) is 5.91 Å². The van der Waals surface area contributed by atoms with Crippen molar-refractivity contribution >= 4 is 24.2 Å². The van der Waals surface area contributed by atoms with Gasteiger partial charge < -0.3 is 0 Å². The third kappa shape index (κ3) is 1.07. The molecule has 0 aromatic heterocycles. The van der Waals surface area contributed by atoms with Crippen LogP contribution in [0.2, 0.25) is 0 Å². The lowest BCUT2D eigenvalue weighted by molar-refractivity contribution is -0.117. The second-order valence-electron chi connectivity index (χ2n) is 2.12. The van der Waals surface area contributed by atoms with Gasteiger partial charge in [0.2, 0.25) is 0 Å². The molecule has 4 heteroatoms. The summed E-state index contributed by atoms with van der Waals surface area (Å²) in [5, 5.41) is 3.51. The maximum atomic E-state index is 10.8. The Morgan fingerprint density at radius 2 is 2.40 bits per heavy atom. The topological polar surface area (TPSA) is 41.5 Å². The molecule has 1 atom stereocenters. The van der Waals surface area contributed by atoms with Crippen molar-refractivity contribution in [2.45, 2.75) is 12.2 Å². The number of hydrogen-bond acceptors (Lipinski definition) is 3. The van der Waals surface area contributed by atoms with E-state index in [1.165, 1.54) is 0 Å². The minimum atomic E-state index is -0.245. The molecule has 0 fully saturated rings. The zero-order chi connectivity index (χ0) is 7.72. The summed E-state index contributed by atoms with van der Waals surface area (Å²) in [7, 11) is 0. The van der Waals surface area contributed by atoms with Gasteiger partial charge in [0.1, 0.15) is 0 Å². The van der Waals surface area contributed by atoms with Crippen molar-refractivity contribution in [3.63, 3.8) is 0 Å². The van der Waals surface area contributed by atoms with E-state index in [4.69, 9.17) is 0 Å². The minimum Gasteiger partial charge on any atom is -0.268 e. The first-order valence-corrected chi connectivity index (χ1v) is 3.36. The summed E-state index contributed by atoms with van der Waals surface area (Å²) in [4.78, 5) is 10.8. The first-order chi connectivity index (χ1) is 4.63. The van der Waals surface area contributed by atoms with Crippen molar-refractivity contribution in [2.24, 2.45) is 5.10 Å². The van der Waals surface area contributed by atoms with Crippen molar-refractivity contribution in [3.05, 3.63) is 12.2 Å². The molecule has 0 aliphatic carbocycles. The molecular formula is C6H8N2OS. The Kier molecular flexibility index (Phi) is 1.80. The average molecular weight is 156 g/mol. The summed E-state index contributed by atoms with van der Waals surface area (Å²) >= 11 is 4.12. The standard InChI is InChI=1S/C6H8N2OS/c1-3-5(10)4(2)7-8-6(3)9/h5,10H,1H2,2H3,(H,8,9). The SMILES string of the molecule is C=C1C(=O)NN=C(C)C1S. The quantitative estimate of drug-likeness (QED) is 0.385. The molecule has 0 aromatic rings. The smallest absolute Gasteiger partial charge is 0.268 e. The number of hydrazone groups is 1. The Morgan fingerprint density at radius 3 is 2.90 bits per heavy atom. The number of amides is 1. The monoisotopic (exact) mass is 156 g/mol. The summed E-state index contributed by atoms with van der Waals surface area (Å²) in [6.45, 7) is 5.35. The molecule has 0 spiro atoms. The van der Waals surface area contributed by atoms with Crippen LogP contribution in [-0.4, -0.2) is 16.9 Å². The van der Waals surface area contributed by atoms with E-state index in [0.29, 0.717) is 5.57 Å². The third-order valence-electron chi connectivity index (χ3n) is 1.35. The molecule has 10 heavy (non-hydrogen) atoms. The Balaban J connectivity index is 2.91. The van der Waals surface area contributed by atoms with Crippen LogP contribution >= 0.6 is 12.6 Å². The third-order valence-corrected chi connectivity index (χ3v) is 2.04. The molecule has 0 saturated carbocycles. The van der Waals surface area contributed by atoms with Crippen molar-refractivity contribution in [1.29, 1.82) is 0 Å². The van der Waals surface area contributed by atoms with Crippen LogP contribution in [0.25, 0.3) is 0 Å². The second-order valence-corrected chi connectivity index (χ2v) is 2.64. The van der Waals surface area contributed by atoms with Crippen LogP contribution in [0, 0.1) is 0 Å². The van der Waals surface area contributed by atoms with Crippen molar-refractivity contribution in [1.82, 2.24) is 5.43 Å². The highest BCUT2D eigenvalue weighted by Crippen LogP contribution is 2.12. The Labute approximate surface area is 64.6 Å². The number of rotatable bonds is 0. The molecule has 1 unspecified atom stereocenters. The molecule has 0 saturated heterocycles. The van der Waals surface area contributed by atoms with Gasteiger partial charge in [-0.3, -0.25) is 4.79 Å². The van der Waals surface area contributed by atoms with Gasteiger partial charge in [-0.1, -0.05) is 6.58 Å². The van der Waals surface area contributed by atoms with E-state index < -0.39 is 0 Å². The normalized spacial score (nSPS) is 25.8. The van der Waals surface area contributed by atoms with E-state index in [2.05, 4.69) is 29.7 Å². The van der Waals surface area contributed by atoms with Gasteiger partial charge in [-0.25, -0.2) is 5.43 Å². The number of nitrogens with zero attached hydrogens (tertiary/aromatic N) is 1. The Bertz CT molecular complexity index is 222. The number of carbonyl (C=O) groups is 1. The fourth-order valence-corrected chi connectivity index (χ4v) is 0.823. The van der Waals surface area contributed by atoms with E-state index >= 15 is 0 Å². The van der Waals surface area contributed by atoms with Gasteiger partial charge in [0.15, 0.2) is 0 Å². The van der Waals surface area contributed by atoms with E-state index in [1.54, 1.807) is 6.92 Å². The van der Waals surface area contributed by atoms with Gasteiger partial charge in [0, 0.05) is 5.57 Å². The van der Waals surface area contributed by atoms with E-state index in [-0.39, 0.29) is 11.2 Å². The van der Waals surface area contributed by atoms with Crippen molar-refractivity contribution in [2.75, 3.05) is 0 Å². The first-order valence-electron chi connectivity index (χ1n) is 2.84. The maximum absolute atomic E-state index is 10.8. The van der Waals surface area contributed by atoms with Crippen LogP contribution < -0.4 is 5.43 Å². The lowest BCUT2D eigenvalue weighted by Gasteiger charge is -2.17. The molecule has 1 heterocycles. The molecule has 1 amide bonds. The highest BCUT2D eigenvalue weighted by atomic mass is 32.1. The van der Waals surface area contributed by atoms with Crippen LogP contribution in [0.1, 0.15) is 6.92 Å². The number of hydrogen-bond donors (Lipinski definition) is 2. The molecule has 54 valence electrons. The predicted molar refractivity (Wildman–Crippen MR) is 43.2 cm³/mol. The van der Waals surface area contributed by atoms with Crippen LogP contribution in [0.15, 0.2) is 17.3 Å². The fourth-order valence-electron chi connectivity index (χ4n) is 0.648. The van der Waals surface area contributed by atoms with Crippen molar-refractivity contribution in [3.8, 4) is 0 Å². The highest BCUT2D eigenvalue weighted by molar-refractivity contribution is 7.82. The molecule has 0 bridgehead atoms. The second kappa shape index (κ2) is 2.46. The molecule has 3 nitrogen and oxygen atoms in total. The molecule has 1 rings (SSSR count). The zero-order valence-electron chi connectivity index (χ0n) is 5.59. The first kappa shape index (κ1) is 7.34. The van der Waals surface area contributed by atoms with E-state index in [9.17, 15) is 4.79 Å². The maximum Gasteiger partial charge on any atom is 0.268 e. The lowest BCUT2D eigenvalue weighted by atomic mass is 10.1. The van der Waals surface area contributed by atoms with Gasteiger partial charge in [0.05, 0.1) is 11.0 Å².